The lowest BCUT2D eigenvalue weighted by atomic mass is 10.2. The van der Waals surface area contributed by atoms with E-state index in [1.807, 2.05) is 6.07 Å². The van der Waals surface area contributed by atoms with Crippen molar-refractivity contribution in [3.8, 4) is 11.8 Å². The molecule has 0 amide bonds. The van der Waals surface area contributed by atoms with Gasteiger partial charge in [0.1, 0.15) is 34.6 Å². The van der Waals surface area contributed by atoms with Crippen molar-refractivity contribution in [2.75, 3.05) is 23.3 Å². The summed E-state index contributed by atoms with van der Waals surface area (Å²) in [4.78, 5) is 29.4. The van der Waals surface area contributed by atoms with Crippen LogP contribution in [0.15, 0.2) is 41.5 Å². The summed E-state index contributed by atoms with van der Waals surface area (Å²) in [6.07, 6.45) is 3.20. The third-order valence-corrected chi connectivity index (χ3v) is 4.92. The van der Waals surface area contributed by atoms with Gasteiger partial charge in [-0.2, -0.15) is 15.2 Å². The maximum absolute atomic E-state index is 14.5. The summed E-state index contributed by atoms with van der Waals surface area (Å²) in [6.45, 7) is 0.172. The van der Waals surface area contributed by atoms with Crippen molar-refractivity contribution in [2.24, 2.45) is 0 Å². The molecule has 1 aromatic carbocycles. The standard InChI is InChI=1S/C20H15ClFN9O/c21-12-3-4-13(22)16-15(12)19(32)31(10-2-1-6-26-9-10)14(28-16)5-7-27-18-11(8-23)17(24)29-20(25)30-18/h1-4,6,9H,5,7H2,(H5,24,25,27,29,30). The fourth-order valence-electron chi connectivity index (χ4n) is 3.21. The zero-order valence-corrected chi connectivity index (χ0v) is 17.1. The Hall–Kier alpha value is -4.30. The zero-order chi connectivity index (χ0) is 22.8. The van der Waals surface area contributed by atoms with Crippen molar-refractivity contribution in [1.29, 1.82) is 5.26 Å². The van der Waals surface area contributed by atoms with Gasteiger partial charge in [-0.15, -0.1) is 0 Å². The zero-order valence-electron chi connectivity index (χ0n) is 16.4. The molecule has 12 heteroatoms. The number of rotatable bonds is 5. The van der Waals surface area contributed by atoms with Crippen LogP contribution in [-0.2, 0) is 6.42 Å². The molecule has 4 rings (SSSR count). The van der Waals surface area contributed by atoms with E-state index in [4.69, 9.17) is 23.1 Å². The Balaban J connectivity index is 1.78. The number of nitriles is 1. The van der Waals surface area contributed by atoms with E-state index in [0.29, 0.717) is 5.69 Å². The van der Waals surface area contributed by atoms with E-state index in [1.54, 1.807) is 18.3 Å². The van der Waals surface area contributed by atoms with Gasteiger partial charge >= 0.3 is 0 Å². The molecule has 0 aliphatic carbocycles. The van der Waals surface area contributed by atoms with E-state index in [0.717, 1.165) is 6.07 Å². The van der Waals surface area contributed by atoms with Gasteiger partial charge in [0.05, 0.1) is 22.3 Å². The molecule has 0 atom stereocenters. The molecule has 0 saturated heterocycles. The predicted molar refractivity (Wildman–Crippen MR) is 118 cm³/mol. The van der Waals surface area contributed by atoms with Crippen LogP contribution in [0.25, 0.3) is 16.6 Å². The van der Waals surface area contributed by atoms with Crippen LogP contribution in [0.2, 0.25) is 5.02 Å². The molecule has 32 heavy (non-hydrogen) atoms. The van der Waals surface area contributed by atoms with Crippen molar-refractivity contribution in [3.63, 3.8) is 0 Å². The van der Waals surface area contributed by atoms with E-state index in [-0.39, 0.29) is 57.9 Å². The molecule has 3 aromatic heterocycles. The van der Waals surface area contributed by atoms with Crippen molar-refractivity contribution in [3.05, 3.63) is 69.2 Å². The third-order valence-electron chi connectivity index (χ3n) is 4.61. The molecular formula is C20H15ClFN9O. The number of nitrogens with one attached hydrogen (secondary N) is 1. The summed E-state index contributed by atoms with van der Waals surface area (Å²) in [5.41, 5.74) is 11.1. The summed E-state index contributed by atoms with van der Waals surface area (Å²) in [5.74, 6) is -0.440. The molecule has 3 heterocycles. The van der Waals surface area contributed by atoms with Crippen molar-refractivity contribution in [1.82, 2.24) is 24.5 Å². The highest BCUT2D eigenvalue weighted by Gasteiger charge is 2.18. The number of aromatic nitrogens is 5. The van der Waals surface area contributed by atoms with Crippen molar-refractivity contribution in [2.45, 2.75) is 6.42 Å². The molecule has 0 aliphatic rings. The number of hydrogen-bond donors (Lipinski definition) is 3. The fourth-order valence-corrected chi connectivity index (χ4v) is 3.44. The van der Waals surface area contributed by atoms with Gasteiger partial charge in [0.25, 0.3) is 5.56 Å². The van der Waals surface area contributed by atoms with E-state index in [2.05, 4.69) is 25.3 Å². The van der Waals surface area contributed by atoms with Crippen molar-refractivity contribution < 1.29 is 4.39 Å². The molecule has 0 radical (unpaired) electrons. The average molecular weight is 452 g/mol. The first-order valence-corrected chi connectivity index (χ1v) is 9.65. The monoisotopic (exact) mass is 451 g/mol. The number of hydrogen-bond acceptors (Lipinski definition) is 9. The first-order chi connectivity index (χ1) is 15.4. The van der Waals surface area contributed by atoms with Crippen LogP contribution in [0.1, 0.15) is 11.4 Å². The summed E-state index contributed by atoms with van der Waals surface area (Å²) in [5, 5.41) is 12.3. The minimum absolute atomic E-state index is 0.0321. The lowest BCUT2D eigenvalue weighted by molar-refractivity contribution is 0.634. The second kappa shape index (κ2) is 8.44. The molecule has 0 unspecified atom stereocenters. The lowest BCUT2D eigenvalue weighted by Gasteiger charge is -2.15. The molecule has 0 aliphatic heterocycles. The second-order valence-electron chi connectivity index (χ2n) is 6.61. The molecule has 0 spiro atoms. The van der Waals surface area contributed by atoms with Gasteiger partial charge in [0, 0.05) is 19.2 Å². The maximum Gasteiger partial charge on any atom is 0.267 e. The Morgan fingerprint density at radius 3 is 2.75 bits per heavy atom. The van der Waals surface area contributed by atoms with Gasteiger partial charge in [-0.25, -0.2) is 9.37 Å². The number of benzene rings is 1. The van der Waals surface area contributed by atoms with E-state index in [9.17, 15) is 14.4 Å². The number of nitrogen functional groups attached to an aromatic ring is 2. The number of nitrogens with two attached hydrogens (primary N) is 2. The predicted octanol–water partition coefficient (Wildman–Crippen LogP) is 2.05. The first kappa shape index (κ1) is 21.0. The number of halogens is 2. The van der Waals surface area contributed by atoms with Gasteiger partial charge in [-0.3, -0.25) is 14.3 Å². The Kier molecular flexibility index (Phi) is 5.53. The molecular weight excluding hydrogens is 437 g/mol. The minimum Gasteiger partial charge on any atom is -0.382 e. The smallest absolute Gasteiger partial charge is 0.267 e. The van der Waals surface area contributed by atoms with E-state index in [1.165, 1.54) is 16.8 Å². The van der Waals surface area contributed by atoms with Crippen LogP contribution in [0, 0.1) is 17.1 Å². The van der Waals surface area contributed by atoms with Crippen LogP contribution >= 0.6 is 11.6 Å². The summed E-state index contributed by atoms with van der Waals surface area (Å²) in [6, 6.07) is 7.71. The minimum atomic E-state index is -0.669. The van der Waals surface area contributed by atoms with Gasteiger partial charge in [-0.05, 0) is 24.3 Å². The van der Waals surface area contributed by atoms with Gasteiger partial charge in [0.15, 0.2) is 5.82 Å². The van der Waals surface area contributed by atoms with E-state index >= 15 is 0 Å². The van der Waals surface area contributed by atoms with Crippen LogP contribution in [0.4, 0.5) is 22.0 Å². The molecule has 10 nitrogen and oxygen atoms in total. The number of pyridine rings is 1. The Morgan fingerprint density at radius 2 is 2.03 bits per heavy atom. The fraction of sp³-hybridized carbons (Fsp3) is 0.100. The SMILES string of the molecule is N#Cc1c(N)nc(N)nc1NCCc1nc2c(F)ccc(Cl)c2c(=O)n1-c1cccnc1. The molecule has 0 saturated carbocycles. The highest BCUT2D eigenvalue weighted by molar-refractivity contribution is 6.35. The topological polar surface area (TPSA) is 161 Å². The number of nitrogens with zero attached hydrogens (tertiary/aromatic N) is 6. The van der Waals surface area contributed by atoms with Crippen LogP contribution in [0.5, 0.6) is 0 Å². The lowest BCUT2D eigenvalue weighted by Crippen LogP contribution is -2.26. The quantitative estimate of drug-likeness (QED) is 0.412. The van der Waals surface area contributed by atoms with Gasteiger partial charge < -0.3 is 16.8 Å². The first-order valence-electron chi connectivity index (χ1n) is 9.27. The Bertz CT molecular complexity index is 1430. The van der Waals surface area contributed by atoms with E-state index < -0.39 is 11.4 Å². The summed E-state index contributed by atoms with van der Waals surface area (Å²) >= 11 is 6.18. The molecule has 0 fully saturated rings. The molecule has 5 N–H and O–H groups in total. The van der Waals surface area contributed by atoms with Gasteiger partial charge in [0.2, 0.25) is 5.95 Å². The largest absolute Gasteiger partial charge is 0.382 e. The summed E-state index contributed by atoms with van der Waals surface area (Å²) in [7, 11) is 0. The average Bonchev–Trinajstić information content (AvgIpc) is 2.76. The highest BCUT2D eigenvalue weighted by atomic mass is 35.5. The van der Waals surface area contributed by atoms with Crippen LogP contribution < -0.4 is 22.3 Å². The summed E-state index contributed by atoms with van der Waals surface area (Å²) < 4.78 is 15.8. The molecule has 4 aromatic rings. The van der Waals surface area contributed by atoms with Crippen LogP contribution in [0.3, 0.4) is 0 Å². The van der Waals surface area contributed by atoms with Crippen LogP contribution in [-0.4, -0.2) is 31.0 Å². The Morgan fingerprint density at radius 1 is 1.22 bits per heavy atom. The molecule has 160 valence electrons. The second-order valence-corrected chi connectivity index (χ2v) is 7.02. The number of anilines is 3. The normalized spacial score (nSPS) is 10.8. The highest BCUT2D eigenvalue weighted by Crippen LogP contribution is 2.23. The maximum atomic E-state index is 14.5. The number of fused-ring (bicyclic) bond motifs is 1. The van der Waals surface area contributed by atoms with Crippen molar-refractivity contribution >= 4 is 40.1 Å². The van der Waals surface area contributed by atoms with Gasteiger partial charge in [-0.1, -0.05) is 11.6 Å². The molecule has 0 bridgehead atoms. The third kappa shape index (κ3) is 3.75. The Labute approximate surface area is 185 Å².